The molecule has 88 valence electrons. The van der Waals surface area contributed by atoms with E-state index in [0.717, 1.165) is 5.56 Å². The van der Waals surface area contributed by atoms with Crippen molar-refractivity contribution in [2.24, 2.45) is 0 Å². The van der Waals surface area contributed by atoms with E-state index in [0.29, 0.717) is 13.0 Å². The molecule has 0 aromatic heterocycles. The molecule has 0 aliphatic carbocycles. The first-order valence-electron chi connectivity index (χ1n) is 5.71. The van der Waals surface area contributed by atoms with Gasteiger partial charge in [0.2, 0.25) is 0 Å². The second kappa shape index (κ2) is 5.66. The third-order valence-corrected chi connectivity index (χ3v) is 2.62. The first-order valence-corrected chi connectivity index (χ1v) is 5.71. The maximum Gasteiger partial charge on any atom is 0.321 e. The fourth-order valence-corrected chi connectivity index (χ4v) is 1.82. The Bertz CT molecular complexity index is 374. The summed E-state index contributed by atoms with van der Waals surface area (Å²) in [4.78, 5) is 10.8. The normalized spacial score (nSPS) is 18.1. The molecule has 0 radical (unpaired) electrons. The third-order valence-electron chi connectivity index (χ3n) is 2.62. The summed E-state index contributed by atoms with van der Waals surface area (Å²) in [5.41, 5.74) is 3.57. The van der Waals surface area contributed by atoms with Crippen molar-refractivity contribution in [3.05, 3.63) is 34.9 Å². The summed E-state index contributed by atoms with van der Waals surface area (Å²) in [5.74, 6) is -0.767. The van der Waals surface area contributed by atoms with Gasteiger partial charge in [-0.3, -0.25) is 4.79 Å². The standard InChI is InChI=1S/C11H13NO2.C2H6/c1-7-2-3-8-6-12-10(11(13)14)5-9(8)4-7;1-2/h2-4,10,12H,5-6H2,1H3,(H,13,14);1-2H3. The van der Waals surface area contributed by atoms with Gasteiger partial charge < -0.3 is 10.4 Å². The number of hydrogen-bond acceptors (Lipinski definition) is 2. The van der Waals surface area contributed by atoms with E-state index >= 15 is 0 Å². The highest BCUT2D eigenvalue weighted by Gasteiger charge is 2.23. The molecule has 16 heavy (non-hydrogen) atoms. The fourth-order valence-electron chi connectivity index (χ4n) is 1.82. The van der Waals surface area contributed by atoms with E-state index in [-0.39, 0.29) is 0 Å². The number of carboxylic acids is 1. The van der Waals surface area contributed by atoms with Crippen LogP contribution < -0.4 is 5.32 Å². The van der Waals surface area contributed by atoms with Gasteiger partial charge in [0.25, 0.3) is 0 Å². The van der Waals surface area contributed by atoms with Crippen molar-refractivity contribution in [1.29, 1.82) is 0 Å². The van der Waals surface area contributed by atoms with E-state index in [4.69, 9.17) is 5.11 Å². The van der Waals surface area contributed by atoms with Gasteiger partial charge in [0.1, 0.15) is 6.04 Å². The first-order chi connectivity index (χ1) is 7.66. The monoisotopic (exact) mass is 221 g/mol. The smallest absolute Gasteiger partial charge is 0.321 e. The van der Waals surface area contributed by atoms with Crippen LogP contribution >= 0.6 is 0 Å². The van der Waals surface area contributed by atoms with Gasteiger partial charge in [0.05, 0.1) is 0 Å². The van der Waals surface area contributed by atoms with Crippen LogP contribution in [0.25, 0.3) is 0 Å². The Balaban J connectivity index is 0.000000606. The average molecular weight is 221 g/mol. The molecule has 1 aromatic carbocycles. The first kappa shape index (κ1) is 12.7. The predicted octanol–water partition coefficient (Wildman–Crippen LogP) is 2.12. The molecule has 0 spiro atoms. The number of aryl methyl sites for hydroxylation is 1. The second-order valence-corrected chi connectivity index (χ2v) is 3.75. The average Bonchev–Trinajstić information content (AvgIpc) is 2.30. The molecule has 0 bridgehead atoms. The van der Waals surface area contributed by atoms with Gasteiger partial charge in [0, 0.05) is 6.54 Å². The van der Waals surface area contributed by atoms with Crippen molar-refractivity contribution in [2.45, 2.75) is 39.8 Å². The highest BCUT2D eigenvalue weighted by Crippen LogP contribution is 2.18. The zero-order valence-corrected chi connectivity index (χ0v) is 10.1. The molecule has 1 atom stereocenters. The lowest BCUT2D eigenvalue weighted by molar-refractivity contribution is -0.139. The largest absolute Gasteiger partial charge is 0.480 e. The minimum Gasteiger partial charge on any atom is -0.480 e. The van der Waals surface area contributed by atoms with E-state index in [2.05, 4.69) is 23.5 Å². The van der Waals surface area contributed by atoms with Gasteiger partial charge in [-0.05, 0) is 24.5 Å². The Hall–Kier alpha value is -1.35. The topological polar surface area (TPSA) is 49.3 Å². The molecule has 0 saturated carbocycles. The van der Waals surface area contributed by atoms with Gasteiger partial charge in [-0.2, -0.15) is 0 Å². The van der Waals surface area contributed by atoms with Crippen LogP contribution in [0.2, 0.25) is 0 Å². The van der Waals surface area contributed by atoms with Crippen LogP contribution in [0.15, 0.2) is 18.2 Å². The Morgan fingerprint density at radius 2 is 2.06 bits per heavy atom. The number of nitrogens with one attached hydrogen (secondary N) is 1. The molecular weight excluding hydrogens is 202 g/mol. The third kappa shape index (κ3) is 2.83. The molecule has 3 nitrogen and oxygen atoms in total. The molecule has 3 heteroatoms. The van der Waals surface area contributed by atoms with Crippen molar-refractivity contribution in [3.8, 4) is 0 Å². The van der Waals surface area contributed by atoms with Gasteiger partial charge in [-0.15, -0.1) is 0 Å². The van der Waals surface area contributed by atoms with Crippen LogP contribution in [-0.2, 0) is 17.8 Å². The lowest BCUT2D eigenvalue weighted by Gasteiger charge is -2.23. The maximum absolute atomic E-state index is 10.8. The summed E-state index contributed by atoms with van der Waals surface area (Å²) >= 11 is 0. The molecule has 1 heterocycles. The number of aliphatic carboxylic acids is 1. The van der Waals surface area contributed by atoms with Crippen molar-refractivity contribution >= 4 is 5.97 Å². The van der Waals surface area contributed by atoms with Crippen molar-refractivity contribution < 1.29 is 9.90 Å². The van der Waals surface area contributed by atoms with Gasteiger partial charge in [-0.1, -0.05) is 37.6 Å². The Labute approximate surface area is 96.5 Å². The van der Waals surface area contributed by atoms with Crippen LogP contribution in [0.3, 0.4) is 0 Å². The number of carbonyl (C=O) groups is 1. The van der Waals surface area contributed by atoms with E-state index in [1.807, 2.05) is 20.8 Å². The fraction of sp³-hybridized carbons (Fsp3) is 0.462. The summed E-state index contributed by atoms with van der Waals surface area (Å²) in [5, 5.41) is 11.9. The van der Waals surface area contributed by atoms with Gasteiger partial charge in [0.15, 0.2) is 0 Å². The highest BCUT2D eigenvalue weighted by atomic mass is 16.4. The van der Waals surface area contributed by atoms with Crippen LogP contribution in [0.4, 0.5) is 0 Å². The Morgan fingerprint density at radius 3 is 2.69 bits per heavy atom. The number of rotatable bonds is 1. The molecule has 1 aliphatic heterocycles. The molecule has 0 saturated heterocycles. The highest BCUT2D eigenvalue weighted by molar-refractivity contribution is 5.74. The van der Waals surface area contributed by atoms with Gasteiger partial charge in [-0.25, -0.2) is 0 Å². The quantitative estimate of drug-likeness (QED) is 0.763. The maximum atomic E-state index is 10.8. The SMILES string of the molecule is CC.Cc1ccc2c(c1)CC(C(=O)O)NC2. The van der Waals surface area contributed by atoms with Gasteiger partial charge >= 0.3 is 5.97 Å². The predicted molar refractivity (Wildman–Crippen MR) is 64.5 cm³/mol. The van der Waals surface area contributed by atoms with Crippen molar-refractivity contribution in [2.75, 3.05) is 0 Å². The Kier molecular flexibility index (Phi) is 4.50. The summed E-state index contributed by atoms with van der Waals surface area (Å²) < 4.78 is 0. The molecule has 1 unspecified atom stereocenters. The number of carboxylic acid groups (broad SMARTS) is 1. The number of benzene rings is 1. The van der Waals surface area contributed by atoms with Crippen LogP contribution in [0, 0.1) is 6.92 Å². The zero-order chi connectivity index (χ0) is 12.1. The van der Waals surface area contributed by atoms with Crippen molar-refractivity contribution in [1.82, 2.24) is 5.32 Å². The minimum atomic E-state index is -0.767. The molecule has 1 aliphatic rings. The minimum absolute atomic E-state index is 0.427. The molecule has 2 N–H and O–H groups in total. The lowest BCUT2D eigenvalue weighted by atomic mass is 9.94. The summed E-state index contributed by atoms with van der Waals surface area (Å²) in [6.45, 7) is 6.69. The Morgan fingerprint density at radius 1 is 1.38 bits per heavy atom. The summed E-state index contributed by atoms with van der Waals surface area (Å²) in [6, 6.07) is 5.77. The molecule has 0 amide bonds. The van der Waals surface area contributed by atoms with Crippen molar-refractivity contribution in [3.63, 3.8) is 0 Å². The van der Waals surface area contributed by atoms with Crippen LogP contribution in [-0.4, -0.2) is 17.1 Å². The summed E-state index contributed by atoms with van der Waals surface area (Å²) in [7, 11) is 0. The molecule has 0 fully saturated rings. The van der Waals surface area contributed by atoms with E-state index in [9.17, 15) is 4.79 Å². The number of fused-ring (bicyclic) bond motifs is 1. The molecular formula is C13H19NO2. The lowest BCUT2D eigenvalue weighted by Crippen LogP contribution is -2.41. The number of hydrogen-bond donors (Lipinski definition) is 2. The van der Waals surface area contributed by atoms with E-state index in [1.165, 1.54) is 11.1 Å². The second-order valence-electron chi connectivity index (χ2n) is 3.75. The summed E-state index contributed by atoms with van der Waals surface area (Å²) in [6.07, 6.45) is 0.590. The van der Waals surface area contributed by atoms with Crippen LogP contribution in [0.5, 0.6) is 0 Å². The van der Waals surface area contributed by atoms with Crippen LogP contribution in [0.1, 0.15) is 30.5 Å². The van der Waals surface area contributed by atoms with E-state index < -0.39 is 12.0 Å². The molecule has 2 rings (SSSR count). The zero-order valence-electron chi connectivity index (χ0n) is 10.1. The van der Waals surface area contributed by atoms with E-state index in [1.54, 1.807) is 0 Å². The molecule has 1 aromatic rings.